The van der Waals surface area contributed by atoms with Gasteiger partial charge in [0, 0.05) is 29.9 Å². The van der Waals surface area contributed by atoms with Gasteiger partial charge < -0.3 is 0 Å². The number of nitrogens with one attached hydrogen (secondary N) is 1. The van der Waals surface area contributed by atoms with Gasteiger partial charge in [-0.25, -0.2) is 17.5 Å². The molecule has 1 aromatic carbocycles. The molecule has 0 aliphatic heterocycles. The standard InChI is InChI=1S/C13H12ClFN2O2S/c14-10-4-5-13(12(15)9-10)20(18,19)17-8-6-11-3-1-2-7-16-11/h1-5,7,9,17H,6,8H2. The van der Waals surface area contributed by atoms with Crippen molar-refractivity contribution in [3.63, 3.8) is 0 Å². The van der Waals surface area contributed by atoms with E-state index in [1.165, 1.54) is 6.07 Å². The predicted octanol–water partition coefficient (Wildman–Crippen LogP) is 2.40. The summed E-state index contributed by atoms with van der Waals surface area (Å²) in [5.74, 6) is -0.872. The second-order valence-corrected chi connectivity index (χ2v) is 6.22. The van der Waals surface area contributed by atoms with E-state index < -0.39 is 20.7 Å². The lowest BCUT2D eigenvalue weighted by Gasteiger charge is -2.07. The fraction of sp³-hybridized carbons (Fsp3) is 0.154. The third-order valence-corrected chi connectivity index (χ3v) is 4.31. The summed E-state index contributed by atoms with van der Waals surface area (Å²) >= 11 is 5.59. The van der Waals surface area contributed by atoms with Crippen LogP contribution < -0.4 is 4.72 Å². The number of sulfonamides is 1. The molecule has 0 saturated heterocycles. The minimum Gasteiger partial charge on any atom is -0.261 e. The zero-order valence-corrected chi connectivity index (χ0v) is 12.0. The maximum Gasteiger partial charge on any atom is 0.243 e. The maximum absolute atomic E-state index is 13.6. The van der Waals surface area contributed by atoms with Crippen molar-refractivity contribution in [1.29, 1.82) is 0 Å². The van der Waals surface area contributed by atoms with Crippen molar-refractivity contribution in [2.24, 2.45) is 0 Å². The highest BCUT2D eigenvalue weighted by atomic mass is 35.5. The molecule has 4 nitrogen and oxygen atoms in total. The normalized spacial score (nSPS) is 11.5. The molecule has 0 saturated carbocycles. The Morgan fingerprint density at radius 1 is 1.25 bits per heavy atom. The van der Waals surface area contributed by atoms with Gasteiger partial charge >= 0.3 is 0 Å². The van der Waals surface area contributed by atoms with Crippen LogP contribution in [0.2, 0.25) is 5.02 Å². The number of nitrogens with zero attached hydrogens (tertiary/aromatic N) is 1. The highest BCUT2D eigenvalue weighted by molar-refractivity contribution is 7.89. The summed E-state index contributed by atoms with van der Waals surface area (Å²) in [7, 11) is -3.89. The van der Waals surface area contributed by atoms with Gasteiger partial charge in [0.05, 0.1) is 0 Å². The first-order valence-electron chi connectivity index (χ1n) is 5.84. The number of halogens is 2. The second-order valence-electron chi connectivity index (χ2n) is 4.04. The van der Waals surface area contributed by atoms with Crippen LogP contribution in [0.4, 0.5) is 4.39 Å². The van der Waals surface area contributed by atoms with Gasteiger partial charge in [-0.3, -0.25) is 4.98 Å². The van der Waals surface area contributed by atoms with Crippen molar-refractivity contribution < 1.29 is 12.8 Å². The van der Waals surface area contributed by atoms with Crippen LogP contribution in [0.5, 0.6) is 0 Å². The van der Waals surface area contributed by atoms with E-state index >= 15 is 0 Å². The molecule has 0 fully saturated rings. The Balaban J connectivity index is 2.04. The Hall–Kier alpha value is -1.50. The minimum absolute atomic E-state index is 0.140. The molecule has 1 heterocycles. The largest absolute Gasteiger partial charge is 0.261 e. The molecule has 0 spiro atoms. The average molecular weight is 315 g/mol. The van der Waals surface area contributed by atoms with Gasteiger partial charge in [0.1, 0.15) is 10.7 Å². The molecule has 2 rings (SSSR count). The van der Waals surface area contributed by atoms with Crippen molar-refractivity contribution in [3.8, 4) is 0 Å². The number of benzene rings is 1. The van der Waals surface area contributed by atoms with Crippen LogP contribution in [0.1, 0.15) is 5.69 Å². The Kier molecular flexibility index (Phi) is 4.69. The highest BCUT2D eigenvalue weighted by Gasteiger charge is 2.18. The molecule has 0 unspecified atom stereocenters. The van der Waals surface area contributed by atoms with Crippen LogP contribution in [-0.4, -0.2) is 19.9 Å². The van der Waals surface area contributed by atoms with Crippen molar-refractivity contribution in [1.82, 2.24) is 9.71 Å². The lowest BCUT2D eigenvalue weighted by atomic mass is 10.3. The van der Waals surface area contributed by atoms with E-state index in [0.717, 1.165) is 17.8 Å². The molecule has 1 aromatic heterocycles. The Morgan fingerprint density at radius 3 is 2.70 bits per heavy atom. The number of hydrogen-bond acceptors (Lipinski definition) is 3. The van der Waals surface area contributed by atoms with Gasteiger partial charge in [0.25, 0.3) is 0 Å². The number of pyridine rings is 1. The van der Waals surface area contributed by atoms with Crippen molar-refractivity contribution in [2.75, 3.05) is 6.54 Å². The molecule has 106 valence electrons. The van der Waals surface area contributed by atoms with Crippen LogP contribution in [0.25, 0.3) is 0 Å². The molecule has 7 heteroatoms. The SMILES string of the molecule is O=S(=O)(NCCc1ccccn1)c1ccc(Cl)cc1F. The first-order chi connectivity index (χ1) is 9.49. The van der Waals surface area contributed by atoms with E-state index in [4.69, 9.17) is 11.6 Å². The summed E-state index contributed by atoms with van der Waals surface area (Å²) in [5.41, 5.74) is 0.756. The van der Waals surface area contributed by atoms with E-state index in [2.05, 4.69) is 9.71 Å². The van der Waals surface area contributed by atoms with Crippen LogP contribution in [0.3, 0.4) is 0 Å². The van der Waals surface area contributed by atoms with E-state index in [1.807, 2.05) is 6.07 Å². The van der Waals surface area contributed by atoms with Gasteiger partial charge in [-0.05, 0) is 30.3 Å². The van der Waals surface area contributed by atoms with Gasteiger partial charge in [-0.15, -0.1) is 0 Å². The summed E-state index contributed by atoms with van der Waals surface area (Å²) in [5, 5.41) is 0.148. The van der Waals surface area contributed by atoms with Crippen molar-refractivity contribution in [3.05, 3.63) is 59.1 Å². The third kappa shape index (κ3) is 3.75. The number of rotatable bonds is 5. The Morgan fingerprint density at radius 2 is 2.05 bits per heavy atom. The topological polar surface area (TPSA) is 59.1 Å². The van der Waals surface area contributed by atoms with E-state index in [1.54, 1.807) is 18.3 Å². The molecule has 1 N–H and O–H groups in total. The first-order valence-corrected chi connectivity index (χ1v) is 7.70. The fourth-order valence-corrected chi connectivity index (χ4v) is 2.88. The van der Waals surface area contributed by atoms with Crippen molar-refractivity contribution in [2.45, 2.75) is 11.3 Å². The second kappa shape index (κ2) is 6.30. The van der Waals surface area contributed by atoms with E-state index in [0.29, 0.717) is 6.42 Å². The van der Waals surface area contributed by atoms with Gasteiger partial charge in [-0.1, -0.05) is 17.7 Å². The fourth-order valence-electron chi connectivity index (χ4n) is 1.63. The highest BCUT2D eigenvalue weighted by Crippen LogP contribution is 2.18. The van der Waals surface area contributed by atoms with Crippen LogP contribution in [0.15, 0.2) is 47.5 Å². The van der Waals surface area contributed by atoms with Gasteiger partial charge in [-0.2, -0.15) is 0 Å². The third-order valence-electron chi connectivity index (χ3n) is 2.58. The molecule has 20 heavy (non-hydrogen) atoms. The molecular weight excluding hydrogens is 303 g/mol. The smallest absolute Gasteiger partial charge is 0.243 e. The average Bonchev–Trinajstić information content (AvgIpc) is 2.39. The van der Waals surface area contributed by atoms with E-state index in [9.17, 15) is 12.8 Å². The van der Waals surface area contributed by atoms with E-state index in [-0.39, 0.29) is 11.6 Å². The molecule has 0 radical (unpaired) electrons. The van der Waals surface area contributed by atoms with Crippen LogP contribution in [0, 0.1) is 5.82 Å². The summed E-state index contributed by atoms with van der Waals surface area (Å²) in [4.78, 5) is 3.66. The summed E-state index contributed by atoms with van der Waals surface area (Å²) < 4.78 is 39.8. The van der Waals surface area contributed by atoms with Crippen molar-refractivity contribution >= 4 is 21.6 Å². The maximum atomic E-state index is 13.6. The molecule has 0 amide bonds. The number of aromatic nitrogens is 1. The molecule has 2 aromatic rings. The van der Waals surface area contributed by atoms with Gasteiger partial charge in [0.15, 0.2) is 0 Å². The Labute approximate surface area is 121 Å². The van der Waals surface area contributed by atoms with Crippen LogP contribution >= 0.6 is 11.6 Å². The molecule has 0 atom stereocenters. The Bertz CT molecular complexity index is 693. The monoisotopic (exact) mass is 314 g/mol. The summed E-state index contributed by atoms with van der Waals surface area (Å²) in [6.45, 7) is 0.140. The lowest BCUT2D eigenvalue weighted by Crippen LogP contribution is -2.27. The summed E-state index contributed by atoms with van der Waals surface area (Å²) in [6, 6.07) is 8.82. The quantitative estimate of drug-likeness (QED) is 0.922. The lowest BCUT2D eigenvalue weighted by molar-refractivity contribution is 0.557. The molecule has 0 bridgehead atoms. The zero-order chi connectivity index (χ0) is 14.6. The first kappa shape index (κ1) is 14.9. The zero-order valence-electron chi connectivity index (χ0n) is 10.4. The molecule has 0 aliphatic carbocycles. The molecule has 0 aliphatic rings. The molecular formula is C13H12ClFN2O2S. The van der Waals surface area contributed by atoms with Gasteiger partial charge in [0.2, 0.25) is 10.0 Å². The number of hydrogen-bond donors (Lipinski definition) is 1. The van der Waals surface area contributed by atoms with Crippen LogP contribution in [-0.2, 0) is 16.4 Å². The minimum atomic E-state index is -3.89. The summed E-state index contributed by atoms with van der Waals surface area (Å²) in [6.07, 6.45) is 2.05. The predicted molar refractivity (Wildman–Crippen MR) is 74.5 cm³/mol.